The molecule has 2 heterocycles. The highest BCUT2D eigenvalue weighted by molar-refractivity contribution is 5.97. The van der Waals surface area contributed by atoms with Gasteiger partial charge in [0.2, 0.25) is 5.75 Å². The number of nitrogens with zero attached hydrogens (tertiary/aromatic N) is 2. The van der Waals surface area contributed by atoms with Crippen LogP contribution in [0.1, 0.15) is 32.1 Å². The number of hydrogen-bond donors (Lipinski definition) is 1. The summed E-state index contributed by atoms with van der Waals surface area (Å²) in [5.41, 5.74) is 0.474. The van der Waals surface area contributed by atoms with Crippen molar-refractivity contribution in [1.29, 1.82) is 0 Å². The molecule has 0 spiro atoms. The summed E-state index contributed by atoms with van der Waals surface area (Å²) in [6, 6.07) is 1.51. The topological polar surface area (TPSA) is 68.0 Å². The molecule has 2 aliphatic rings. The zero-order chi connectivity index (χ0) is 16.4. The van der Waals surface area contributed by atoms with Crippen molar-refractivity contribution in [3.63, 3.8) is 0 Å². The van der Waals surface area contributed by atoms with Gasteiger partial charge in [-0.05, 0) is 25.0 Å². The second kappa shape index (κ2) is 6.56. The van der Waals surface area contributed by atoms with Gasteiger partial charge in [0.05, 0.1) is 33.9 Å². The molecule has 0 amide bonds. The summed E-state index contributed by atoms with van der Waals surface area (Å²) in [6.45, 7) is 2.87. The van der Waals surface area contributed by atoms with E-state index in [4.69, 9.17) is 9.47 Å². The van der Waals surface area contributed by atoms with Crippen molar-refractivity contribution in [3.05, 3.63) is 6.07 Å². The third kappa shape index (κ3) is 2.78. The third-order valence-corrected chi connectivity index (χ3v) is 4.66. The number of phenols is 1. The van der Waals surface area contributed by atoms with Crippen LogP contribution in [0, 0.1) is 0 Å². The Morgan fingerprint density at radius 3 is 2.57 bits per heavy atom. The minimum Gasteiger partial charge on any atom is -0.867 e. The van der Waals surface area contributed by atoms with Crippen molar-refractivity contribution in [1.82, 2.24) is 0 Å². The number of benzene rings is 1. The molecule has 2 aliphatic heterocycles. The number of aromatic hydroxyl groups is 1. The molecule has 0 radical (unpaired) electrons. The van der Waals surface area contributed by atoms with E-state index in [9.17, 15) is 10.2 Å². The van der Waals surface area contributed by atoms with Crippen molar-refractivity contribution in [3.8, 4) is 23.0 Å². The number of anilines is 1. The summed E-state index contributed by atoms with van der Waals surface area (Å²) in [5.74, 6) is 1.05. The molecule has 6 nitrogen and oxygen atoms in total. The summed E-state index contributed by atoms with van der Waals surface area (Å²) in [7, 11) is 2.84. The number of phenolic OH excluding ortho intramolecular Hbond substituents is 1. The van der Waals surface area contributed by atoms with Gasteiger partial charge in [0.15, 0.2) is 11.5 Å². The maximum atomic E-state index is 12.8. The molecule has 23 heavy (non-hydrogen) atoms. The lowest BCUT2D eigenvalue weighted by Crippen LogP contribution is -2.44. The molecule has 6 heteroatoms. The molecule has 0 saturated carbocycles. The van der Waals surface area contributed by atoms with Gasteiger partial charge in [-0.3, -0.25) is 4.58 Å². The van der Waals surface area contributed by atoms with Crippen molar-refractivity contribution in [2.24, 2.45) is 0 Å². The van der Waals surface area contributed by atoms with Crippen LogP contribution in [0.25, 0.3) is 0 Å². The molecular weight excluding hydrogens is 296 g/mol. The van der Waals surface area contributed by atoms with E-state index in [1.54, 1.807) is 0 Å². The first-order chi connectivity index (χ1) is 11.2. The zero-order valence-corrected chi connectivity index (χ0v) is 13.8. The van der Waals surface area contributed by atoms with Gasteiger partial charge in [-0.25, -0.2) is 4.90 Å². The van der Waals surface area contributed by atoms with E-state index in [2.05, 4.69) is 9.48 Å². The molecule has 0 bridgehead atoms. The molecule has 1 aromatic rings. The fraction of sp³-hybridized carbons (Fsp3) is 0.588. The zero-order valence-electron chi connectivity index (χ0n) is 13.8. The highest BCUT2D eigenvalue weighted by atomic mass is 16.5. The first kappa shape index (κ1) is 15.8. The van der Waals surface area contributed by atoms with E-state index in [0.717, 1.165) is 38.9 Å². The SMILES string of the molecule is COc1c(O)cc(N2CCC[N+]3=C2CCCCC3)c([O-])c1OC. The van der Waals surface area contributed by atoms with Gasteiger partial charge in [-0.15, -0.1) is 0 Å². The predicted octanol–water partition coefficient (Wildman–Crippen LogP) is 1.68. The second-order valence-electron chi connectivity index (χ2n) is 6.03. The Morgan fingerprint density at radius 2 is 1.83 bits per heavy atom. The van der Waals surface area contributed by atoms with Crippen LogP contribution >= 0.6 is 0 Å². The standard InChI is InChI=1S/C17H24N2O4/c1-22-16-13(20)11-12(15(21)17(16)23-2)19-10-6-9-18-8-5-3-4-7-14(18)19/h11H,3-10H2,1-2H3,(H-,20,21). The van der Waals surface area contributed by atoms with E-state index in [1.807, 2.05) is 0 Å². The molecule has 3 rings (SSSR count). The van der Waals surface area contributed by atoms with Crippen LogP contribution in [0.4, 0.5) is 5.69 Å². The molecule has 0 aromatic heterocycles. The minimum absolute atomic E-state index is 0.0637. The van der Waals surface area contributed by atoms with E-state index in [-0.39, 0.29) is 23.0 Å². The van der Waals surface area contributed by atoms with Crippen LogP contribution in [0.2, 0.25) is 0 Å². The normalized spacial score (nSPS) is 18.4. The van der Waals surface area contributed by atoms with Crippen LogP contribution in [0.15, 0.2) is 6.07 Å². The molecule has 0 saturated heterocycles. The van der Waals surface area contributed by atoms with Crippen LogP contribution in [0.3, 0.4) is 0 Å². The maximum Gasteiger partial charge on any atom is 0.251 e. The number of methoxy groups -OCH3 is 2. The van der Waals surface area contributed by atoms with Gasteiger partial charge in [0.25, 0.3) is 5.84 Å². The first-order valence-corrected chi connectivity index (χ1v) is 8.20. The number of rotatable bonds is 3. The fourth-order valence-corrected chi connectivity index (χ4v) is 3.58. The smallest absolute Gasteiger partial charge is 0.251 e. The molecule has 0 unspecified atom stereocenters. The van der Waals surface area contributed by atoms with Gasteiger partial charge in [-0.1, -0.05) is 0 Å². The summed E-state index contributed by atoms with van der Waals surface area (Å²) in [4.78, 5) is 2.05. The van der Waals surface area contributed by atoms with Gasteiger partial charge in [-0.2, -0.15) is 0 Å². The maximum absolute atomic E-state index is 12.8. The lowest BCUT2D eigenvalue weighted by atomic mass is 10.1. The van der Waals surface area contributed by atoms with Crippen molar-refractivity contribution >= 4 is 11.5 Å². The van der Waals surface area contributed by atoms with E-state index in [1.165, 1.54) is 39.0 Å². The average Bonchev–Trinajstić information content (AvgIpc) is 2.81. The van der Waals surface area contributed by atoms with Gasteiger partial charge in [0.1, 0.15) is 5.69 Å². The Morgan fingerprint density at radius 1 is 1.09 bits per heavy atom. The van der Waals surface area contributed by atoms with Crippen LogP contribution in [0.5, 0.6) is 23.0 Å². The van der Waals surface area contributed by atoms with E-state index >= 15 is 0 Å². The highest BCUT2D eigenvalue weighted by Crippen LogP contribution is 2.48. The minimum atomic E-state index is -0.235. The van der Waals surface area contributed by atoms with Crippen molar-refractivity contribution in [2.45, 2.75) is 32.1 Å². The molecule has 126 valence electrons. The predicted molar refractivity (Wildman–Crippen MR) is 86.1 cm³/mol. The lowest BCUT2D eigenvalue weighted by molar-refractivity contribution is -0.532. The molecule has 0 fully saturated rings. The van der Waals surface area contributed by atoms with Gasteiger partial charge >= 0.3 is 0 Å². The fourth-order valence-electron chi connectivity index (χ4n) is 3.58. The Bertz CT molecular complexity index is 628. The number of ether oxygens (including phenoxy) is 2. The molecular formula is C17H24N2O4. The first-order valence-electron chi connectivity index (χ1n) is 8.20. The summed E-state index contributed by atoms with van der Waals surface area (Å²) >= 11 is 0. The Balaban J connectivity index is 2.08. The summed E-state index contributed by atoms with van der Waals surface area (Å²) in [5, 5.41) is 23.0. The van der Waals surface area contributed by atoms with Crippen LogP contribution in [-0.4, -0.2) is 49.4 Å². The average molecular weight is 320 g/mol. The molecule has 0 aliphatic carbocycles. The molecule has 1 N–H and O–H groups in total. The van der Waals surface area contributed by atoms with E-state index in [0.29, 0.717) is 5.69 Å². The molecule has 1 aromatic carbocycles. The lowest BCUT2D eigenvalue weighted by Gasteiger charge is -2.30. The monoisotopic (exact) mass is 320 g/mol. The number of hydrogen-bond acceptors (Lipinski definition) is 5. The van der Waals surface area contributed by atoms with Crippen LogP contribution < -0.4 is 19.5 Å². The Hall–Kier alpha value is -2.11. The van der Waals surface area contributed by atoms with Crippen molar-refractivity contribution < 1.29 is 24.3 Å². The Labute approximate surface area is 136 Å². The largest absolute Gasteiger partial charge is 0.867 e. The van der Waals surface area contributed by atoms with Gasteiger partial charge in [0, 0.05) is 18.9 Å². The van der Waals surface area contributed by atoms with Gasteiger partial charge < -0.3 is 19.7 Å². The summed E-state index contributed by atoms with van der Waals surface area (Å²) in [6.07, 6.45) is 5.51. The molecule has 0 atom stereocenters. The summed E-state index contributed by atoms with van der Waals surface area (Å²) < 4.78 is 12.7. The second-order valence-corrected chi connectivity index (χ2v) is 6.03. The third-order valence-electron chi connectivity index (χ3n) is 4.66. The quantitative estimate of drug-likeness (QED) is 0.858. The highest BCUT2D eigenvalue weighted by Gasteiger charge is 2.32. The Kier molecular flexibility index (Phi) is 4.50. The van der Waals surface area contributed by atoms with E-state index < -0.39 is 0 Å². The van der Waals surface area contributed by atoms with Crippen LogP contribution in [-0.2, 0) is 0 Å². The van der Waals surface area contributed by atoms with Crippen molar-refractivity contribution in [2.75, 3.05) is 38.8 Å². The number of amidine groups is 1.